The van der Waals surface area contributed by atoms with E-state index < -0.39 is 0 Å². The molecule has 20 heavy (non-hydrogen) atoms. The molecule has 0 bridgehead atoms. The molecule has 2 aromatic rings. The minimum absolute atomic E-state index is 0.262. The van der Waals surface area contributed by atoms with Gasteiger partial charge < -0.3 is 15.6 Å². The minimum atomic E-state index is 0.262. The van der Waals surface area contributed by atoms with Crippen molar-refractivity contribution in [3.63, 3.8) is 0 Å². The van der Waals surface area contributed by atoms with Gasteiger partial charge in [-0.2, -0.15) is 0 Å². The molecule has 0 aliphatic carbocycles. The summed E-state index contributed by atoms with van der Waals surface area (Å²) in [5, 5.41) is 9.45. The summed E-state index contributed by atoms with van der Waals surface area (Å²) < 4.78 is 5.90. The molecule has 0 radical (unpaired) electrons. The number of aromatic hydroxyl groups is 1. The number of hydrogen-bond acceptors (Lipinski definition) is 3. The van der Waals surface area contributed by atoms with Gasteiger partial charge in [0.1, 0.15) is 18.1 Å². The maximum absolute atomic E-state index is 9.45. The Hall–Kier alpha value is -2.00. The van der Waals surface area contributed by atoms with Crippen LogP contribution in [0.1, 0.15) is 22.3 Å². The number of ether oxygens (including phenoxy) is 1. The first-order valence-corrected chi connectivity index (χ1v) is 6.81. The van der Waals surface area contributed by atoms with Gasteiger partial charge >= 0.3 is 0 Å². The third kappa shape index (κ3) is 3.52. The molecule has 0 atom stereocenters. The van der Waals surface area contributed by atoms with Crippen LogP contribution in [0.15, 0.2) is 36.4 Å². The molecular formula is C17H21NO2. The van der Waals surface area contributed by atoms with E-state index in [1.54, 1.807) is 12.1 Å². The van der Waals surface area contributed by atoms with E-state index in [0.29, 0.717) is 13.2 Å². The first-order chi connectivity index (χ1) is 9.60. The lowest BCUT2D eigenvalue weighted by Gasteiger charge is -2.14. The zero-order valence-corrected chi connectivity index (χ0v) is 12.0. The van der Waals surface area contributed by atoms with Crippen molar-refractivity contribution in [2.75, 3.05) is 6.54 Å². The van der Waals surface area contributed by atoms with Crippen LogP contribution in [0.25, 0.3) is 0 Å². The molecule has 0 saturated heterocycles. The second kappa shape index (κ2) is 6.44. The normalized spacial score (nSPS) is 10.6. The maximum atomic E-state index is 9.45. The third-order valence-electron chi connectivity index (χ3n) is 3.25. The fraction of sp³-hybridized carbons (Fsp3) is 0.294. The van der Waals surface area contributed by atoms with E-state index >= 15 is 0 Å². The zero-order chi connectivity index (χ0) is 14.5. The van der Waals surface area contributed by atoms with E-state index in [1.807, 2.05) is 26.0 Å². The highest BCUT2D eigenvalue weighted by molar-refractivity contribution is 5.43. The molecule has 0 unspecified atom stereocenters. The van der Waals surface area contributed by atoms with Crippen LogP contribution < -0.4 is 10.5 Å². The lowest BCUT2D eigenvalue weighted by Crippen LogP contribution is -2.04. The van der Waals surface area contributed by atoms with Crippen LogP contribution >= 0.6 is 0 Å². The van der Waals surface area contributed by atoms with Crippen LogP contribution in [0.5, 0.6) is 11.5 Å². The number of benzene rings is 2. The first-order valence-electron chi connectivity index (χ1n) is 6.81. The van der Waals surface area contributed by atoms with Gasteiger partial charge in [0.25, 0.3) is 0 Å². The molecule has 0 aliphatic rings. The number of rotatable bonds is 5. The minimum Gasteiger partial charge on any atom is -0.508 e. The second-order valence-electron chi connectivity index (χ2n) is 5.06. The highest BCUT2D eigenvalue weighted by atomic mass is 16.5. The Balaban J connectivity index is 2.13. The van der Waals surface area contributed by atoms with E-state index in [0.717, 1.165) is 28.9 Å². The van der Waals surface area contributed by atoms with Gasteiger partial charge in [0.15, 0.2) is 0 Å². The van der Waals surface area contributed by atoms with Crippen molar-refractivity contribution >= 4 is 0 Å². The molecule has 3 heteroatoms. The van der Waals surface area contributed by atoms with Gasteiger partial charge in [0.05, 0.1) is 0 Å². The monoisotopic (exact) mass is 271 g/mol. The Bertz CT molecular complexity index is 570. The maximum Gasteiger partial charge on any atom is 0.125 e. The lowest BCUT2D eigenvalue weighted by atomic mass is 10.0. The van der Waals surface area contributed by atoms with Crippen molar-refractivity contribution in [1.29, 1.82) is 0 Å². The highest BCUT2D eigenvalue weighted by Crippen LogP contribution is 2.26. The summed E-state index contributed by atoms with van der Waals surface area (Å²) in [6, 6.07) is 11.4. The highest BCUT2D eigenvalue weighted by Gasteiger charge is 2.07. The number of nitrogens with two attached hydrogens (primary N) is 1. The molecule has 2 rings (SSSR count). The van der Waals surface area contributed by atoms with Gasteiger partial charge in [0.2, 0.25) is 0 Å². The van der Waals surface area contributed by atoms with E-state index in [9.17, 15) is 5.11 Å². The van der Waals surface area contributed by atoms with Crippen LogP contribution in [-0.2, 0) is 13.0 Å². The molecule has 0 saturated carbocycles. The van der Waals surface area contributed by atoms with Crippen molar-refractivity contribution in [2.45, 2.75) is 26.9 Å². The Morgan fingerprint density at radius 3 is 2.35 bits per heavy atom. The van der Waals surface area contributed by atoms with Gasteiger partial charge in [-0.3, -0.25) is 0 Å². The van der Waals surface area contributed by atoms with Gasteiger partial charge in [-0.05, 0) is 61.2 Å². The summed E-state index contributed by atoms with van der Waals surface area (Å²) in [7, 11) is 0. The van der Waals surface area contributed by atoms with Crippen LogP contribution in [0.3, 0.4) is 0 Å². The summed E-state index contributed by atoms with van der Waals surface area (Å²) in [6.07, 6.45) is 0.883. The number of phenolic OH excluding ortho intramolecular Hbond substituents is 1. The molecule has 3 nitrogen and oxygen atoms in total. The van der Waals surface area contributed by atoms with Crippen molar-refractivity contribution in [2.24, 2.45) is 5.73 Å². The van der Waals surface area contributed by atoms with Gasteiger partial charge in [-0.25, -0.2) is 0 Å². The lowest BCUT2D eigenvalue weighted by molar-refractivity contribution is 0.301. The van der Waals surface area contributed by atoms with Gasteiger partial charge in [0, 0.05) is 0 Å². The number of phenols is 1. The summed E-state index contributed by atoms with van der Waals surface area (Å²) in [5.74, 6) is 1.17. The number of hydrogen-bond donors (Lipinski definition) is 2. The average molecular weight is 271 g/mol. The van der Waals surface area contributed by atoms with Crippen LogP contribution in [0.2, 0.25) is 0 Å². The summed E-state index contributed by atoms with van der Waals surface area (Å²) in [6.45, 7) is 5.20. The molecule has 2 aromatic carbocycles. The molecule has 0 amide bonds. The smallest absolute Gasteiger partial charge is 0.125 e. The molecule has 106 valence electrons. The van der Waals surface area contributed by atoms with Crippen LogP contribution in [-0.4, -0.2) is 11.7 Å². The van der Waals surface area contributed by atoms with Gasteiger partial charge in [-0.15, -0.1) is 0 Å². The Morgan fingerprint density at radius 2 is 1.75 bits per heavy atom. The topological polar surface area (TPSA) is 55.5 Å². The van der Waals surface area contributed by atoms with Crippen LogP contribution in [0, 0.1) is 13.8 Å². The van der Waals surface area contributed by atoms with Crippen LogP contribution in [0.4, 0.5) is 0 Å². The summed E-state index contributed by atoms with van der Waals surface area (Å²) in [5.41, 5.74) is 10.0. The molecule has 0 aliphatic heterocycles. The molecule has 3 N–H and O–H groups in total. The number of aryl methyl sites for hydroxylation is 2. The van der Waals surface area contributed by atoms with E-state index in [4.69, 9.17) is 10.5 Å². The third-order valence-corrected chi connectivity index (χ3v) is 3.25. The Kier molecular flexibility index (Phi) is 4.64. The fourth-order valence-corrected chi connectivity index (χ4v) is 2.38. The SMILES string of the molecule is Cc1cc(CCN)cc(C)c1OCc1cccc(O)c1. The summed E-state index contributed by atoms with van der Waals surface area (Å²) in [4.78, 5) is 0. The Morgan fingerprint density at radius 1 is 1.05 bits per heavy atom. The fourth-order valence-electron chi connectivity index (χ4n) is 2.38. The van der Waals surface area contributed by atoms with Crippen molar-refractivity contribution in [3.8, 4) is 11.5 Å². The molecule has 0 aromatic heterocycles. The quantitative estimate of drug-likeness (QED) is 0.878. The molecule has 0 fully saturated rings. The second-order valence-corrected chi connectivity index (χ2v) is 5.06. The first kappa shape index (κ1) is 14.4. The predicted octanol–water partition coefficient (Wildman–Crippen LogP) is 3.09. The zero-order valence-electron chi connectivity index (χ0n) is 12.0. The summed E-state index contributed by atoms with van der Waals surface area (Å²) >= 11 is 0. The van der Waals surface area contributed by atoms with E-state index in [1.165, 1.54) is 5.56 Å². The van der Waals surface area contributed by atoms with E-state index in [-0.39, 0.29) is 5.75 Å². The Labute approximate surface area is 120 Å². The molecule has 0 spiro atoms. The molecular weight excluding hydrogens is 250 g/mol. The largest absolute Gasteiger partial charge is 0.508 e. The van der Waals surface area contributed by atoms with Crippen molar-refractivity contribution in [3.05, 3.63) is 58.7 Å². The predicted molar refractivity (Wildman–Crippen MR) is 81.1 cm³/mol. The molecule has 0 heterocycles. The van der Waals surface area contributed by atoms with Gasteiger partial charge in [-0.1, -0.05) is 24.3 Å². The van der Waals surface area contributed by atoms with Crippen molar-refractivity contribution < 1.29 is 9.84 Å². The van der Waals surface area contributed by atoms with Crippen molar-refractivity contribution in [1.82, 2.24) is 0 Å². The average Bonchev–Trinajstić information content (AvgIpc) is 2.38. The standard InChI is InChI=1S/C17H21NO2/c1-12-8-14(6-7-18)9-13(2)17(12)20-11-15-4-3-5-16(19)10-15/h3-5,8-10,19H,6-7,11,18H2,1-2H3. The van der Waals surface area contributed by atoms with E-state index in [2.05, 4.69) is 12.1 Å².